The van der Waals surface area contributed by atoms with Gasteiger partial charge >= 0.3 is 0 Å². The lowest BCUT2D eigenvalue weighted by molar-refractivity contribution is 0.122. The molecule has 1 aromatic carbocycles. The summed E-state index contributed by atoms with van der Waals surface area (Å²) in [6, 6.07) is 5.31. The highest BCUT2D eigenvalue weighted by molar-refractivity contribution is 9.10. The van der Waals surface area contributed by atoms with Crippen LogP contribution >= 0.6 is 15.9 Å². The second kappa shape index (κ2) is 5.36. The van der Waals surface area contributed by atoms with Gasteiger partial charge in [0.2, 0.25) is 0 Å². The van der Waals surface area contributed by atoms with E-state index in [4.69, 9.17) is 0 Å². The third-order valence-electron chi connectivity index (χ3n) is 3.50. The van der Waals surface area contributed by atoms with Crippen molar-refractivity contribution in [1.82, 2.24) is 0 Å². The number of anilines is 1. The Balaban J connectivity index is 2.13. The Morgan fingerprint density at radius 1 is 1.29 bits per heavy atom. The van der Waals surface area contributed by atoms with Crippen LogP contribution in [0.1, 0.15) is 25.7 Å². The van der Waals surface area contributed by atoms with Crippen LogP contribution in [0.25, 0.3) is 0 Å². The van der Waals surface area contributed by atoms with Crippen LogP contribution in [-0.2, 0) is 0 Å². The summed E-state index contributed by atoms with van der Waals surface area (Å²) in [6.45, 7) is 0. The molecule has 1 fully saturated rings. The molecule has 0 bridgehead atoms. The summed E-state index contributed by atoms with van der Waals surface area (Å²) in [5, 5.41) is 9.48. The predicted octanol–water partition coefficient (Wildman–Crippen LogP) is 3.33. The van der Waals surface area contributed by atoms with E-state index in [1.54, 1.807) is 12.1 Å². The van der Waals surface area contributed by atoms with Crippen molar-refractivity contribution >= 4 is 21.6 Å². The molecule has 17 heavy (non-hydrogen) atoms. The van der Waals surface area contributed by atoms with Crippen LogP contribution in [0.3, 0.4) is 0 Å². The average Bonchev–Trinajstić information content (AvgIpc) is 2.32. The maximum absolute atomic E-state index is 13.7. The van der Waals surface area contributed by atoms with E-state index in [-0.39, 0.29) is 11.9 Å². The quantitative estimate of drug-likeness (QED) is 0.906. The molecule has 0 spiro atoms. The van der Waals surface area contributed by atoms with Crippen molar-refractivity contribution < 1.29 is 9.50 Å². The number of aliphatic hydroxyl groups is 1. The molecule has 1 saturated carbocycles. The highest BCUT2D eigenvalue weighted by Crippen LogP contribution is 2.29. The molecule has 0 amide bonds. The summed E-state index contributed by atoms with van der Waals surface area (Å²) in [7, 11) is 1.92. The summed E-state index contributed by atoms with van der Waals surface area (Å²) in [4.78, 5) is 1.99. The molecule has 0 saturated heterocycles. The van der Waals surface area contributed by atoms with Crippen LogP contribution in [0.4, 0.5) is 10.1 Å². The van der Waals surface area contributed by atoms with Crippen LogP contribution in [0.2, 0.25) is 0 Å². The Hall–Kier alpha value is -0.610. The topological polar surface area (TPSA) is 23.5 Å². The van der Waals surface area contributed by atoms with E-state index in [2.05, 4.69) is 15.9 Å². The van der Waals surface area contributed by atoms with Gasteiger partial charge in [0.25, 0.3) is 0 Å². The number of benzene rings is 1. The zero-order valence-corrected chi connectivity index (χ0v) is 11.5. The zero-order chi connectivity index (χ0) is 12.4. The molecule has 94 valence electrons. The van der Waals surface area contributed by atoms with Gasteiger partial charge in [-0.05, 0) is 43.9 Å². The Bertz CT molecular complexity index is 391. The van der Waals surface area contributed by atoms with Gasteiger partial charge in [-0.2, -0.15) is 0 Å². The first-order chi connectivity index (χ1) is 8.08. The number of rotatable bonds is 2. The largest absolute Gasteiger partial charge is 0.393 e. The second-order valence-electron chi connectivity index (χ2n) is 4.67. The van der Waals surface area contributed by atoms with E-state index in [0.29, 0.717) is 11.7 Å². The SMILES string of the molecule is CN(c1cc(Br)ccc1F)C1CCC(O)CC1. The lowest BCUT2D eigenvalue weighted by Crippen LogP contribution is -2.36. The summed E-state index contributed by atoms with van der Waals surface area (Å²) in [5.41, 5.74) is 0.626. The lowest BCUT2D eigenvalue weighted by atomic mass is 9.92. The Morgan fingerprint density at radius 2 is 1.94 bits per heavy atom. The smallest absolute Gasteiger partial charge is 0.146 e. The number of halogens is 2. The fourth-order valence-electron chi connectivity index (χ4n) is 2.40. The normalized spacial score (nSPS) is 24.7. The van der Waals surface area contributed by atoms with Crippen molar-refractivity contribution in [3.05, 3.63) is 28.5 Å². The van der Waals surface area contributed by atoms with Gasteiger partial charge in [0.15, 0.2) is 0 Å². The van der Waals surface area contributed by atoms with Gasteiger partial charge in [-0.15, -0.1) is 0 Å². The number of aliphatic hydroxyl groups excluding tert-OH is 1. The van der Waals surface area contributed by atoms with Crippen LogP contribution in [-0.4, -0.2) is 24.3 Å². The minimum atomic E-state index is -0.193. The second-order valence-corrected chi connectivity index (χ2v) is 5.58. The van der Waals surface area contributed by atoms with E-state index >= 15 is 0 Å². The molecule has 1 aromatic rings. The first-order valence-corrected chi connectivity index (χ1v) is 6.73. The van der Waals surface area contributed by atoms with Crippen molar-refractivity contribution in [2.75, 3.05) is 11.9 Å². The highest BCUT2D eigenvalue weighted by Gasteiger charge is 2.24. The fourth-order valence-corrected chi connectivity index (χ4v) is 2.75. The van der Waals surface area contributed by atoms with Crippen molar-refractivity contribution in [1.29, 1.82) is 0 Å². The van der Waals surface area contributed by atoms with Gasteiger partial charge in [0.1, 0.15) is 5.82 Å². The van der Waals surface area contributed by atoms with Crippen molar-refractivity contribution in [3.8, 4) is 0 Å². The van der Waals surface area contributed by atoms with Gasteiger partial charge in [-0.1, -0.05) is 15.9 Å². The van der Waals surface area contributed by atoms with E-state index in [0.717, 1.165) is 30.2 Å². The van der Waals surface area contributed by atoms with Gasteiger partial charge < -0.3 is 10.0 Å². The third kappa shape index (κ3) is 2.99. The molecule has 0 radical (unpaired) electrons. The van der Waals surface area contributed by atoms with E-state index in [1.165, 1.54) is 6.07 Å². The highest BCUT2D eigenvalue weighted by atomic mass is 79.9. The number of hydrogen-bond acceptors (Lipinski definition) is 2. The molecule has 4 heteroatoms. The maximum atomic E-state index is 13.7. The molecule has 1 aliphatic carbocycles. The monoisotopic (exact) mass is 301 g/mol. The Morgan fingerprint density at radius 3 is 2.59 bits per heavy atom. The molecule has 2 nitrogen and oxygen atoms in total. The van der Waals surface area contributed by atoms with Gasteiger partial charge in [-0.25, -0.2) is 4.39 Å². The molecule has 1 aliphatic rings. The van der Waals surface area contributed by atoms with Gasteiger partial charge in [0, 0.05) is 17.6 Å². The number of hydrogen-bond donors (Lipinski definition) is 1. The van der Waals surface area contributed by atoms with E-state index in [1.807, 2.05) is 11.9 Å². The molecule has 0 unspecified atom stereocenters. The van der Waals surface area contributed by atoms with Gasteiger partial charge in [-0.3, -0.25) is 0 Å². The van der Waals surface area contributed by atoms with E-state index < -0.39 is 0 Å². The molecule has 0 aliphatic heterocycles. The first-order valence-electron chi connectivity index (χ1n) is 5.94. The fraction of sp³-hybridized carbons (Fsp3) is 0.538. The molecule has 2 rings (SSSR count). The first kappa shape index (κ1) is 12.8. The molecular formula is C13H17BrFNO. The molecule has 0 heterocycles. The van der Waals surface area contributed by atoms with Gasteiger partial charge in [0.05, 0.1) is 11.8 Å². The minimum Gasteiger partial charge on any atom is -0.393 e. The Kier molecular flexibility index (Phi) is 4.05. The number of nitrogens with zero attached hydrogens (tertiary/aromatic N) is 1. The standard InChI is InChI=1S/C13H17BrFNO/c1-16(10-3-5-11(17)6-4-10)13-8-9(14)2-7-12(13)15/h2,7-8,10-11,17H,3-6H2,1H3. The van der Waals surface area contributed by atoms with Crippen LogP contribution < -0.4 is 4.90 Å². The molecule has 0 aromatic heterocycles. The summed E-state index contributed by atoms with van der Waals surface area (Å²) < 4.78 is 14.6. The predicted molar refractivity (Wildman–Crippen MR) is 70.8 cm³/mol. The minimum absolute atomic E-state index is 0.174. The van der Waals surface area contributed by atoms with Crippen molar-refractivity contribution in [2.24, 2.45) is 0 Å². The Labute approximate surface area is 110 Å². The van der Waals surface area contributed by atoms with Crippen molar-refractivity contribution in [3.63, 3.8) is 0 Å². The lowest BCUT2D eigenvalue weighted by Gasteiger charge is -2.34. The van der Waals surface area contributed by atoms with Crippen LogP contribution in [0, 0.1) is 5.82 Å². The summed E-state index contributed by atoms with van der Waals surface area (Å²) in [5.74, 6) is -0.193. The van der Waals surface area contributed by atoms with Crippen LogP contribution in [0.5, 0.6) is 0 Å². The zero-order valence-electron chi connectivity index (χ0n) is 9.87. The maximum Gasteiger partial charge on any atom is 0.146 e. The van der Waals surface area contributed by atoms with E-state index in [9.17, 15) is 9.50 Å². The third-order valence-corrected chi connectivity index (χ3v) is 4.00. The summed E-state index contributed by atoms with van der Waals surface area (Å²) in [6.07, 6.45) is 3.29. The molecular weight excluding hydrogens is 285 g/mol. The van der Waals surface area contributed by atoms with Crippen molar-refractivity contribution in [2.45, 2.75) is 37.8 Å². The molecule has 1 N–H and O–H groups in total. The van der Waals surface area contributed by atoms with Crippen LogP contribution in [0.15, 0.2) is 22.7 Å². The summed E-state index contributed by atoms with van der Waals surface area (Å²) >= 11 is 3.36. The average molecular weight is 302 g/mol. The molecule has 0 atom stereocenters.